The molecule has 0 saturated carbocycles. The number of rotatable bonds is 4. The van der Waals surface area contributed by atoms with Gasteiger partial charge in [0.2, 0.25) is 0 Å². The van der Waals surface area contributed by atoms with Crippen molar-refractivity contribution in [3.05, 3.63) is 52.1 Å². The van der Waals surface area contributed by atoms with Gasteiger partial charge in [0.05, 0.1) is 0 Å². The molecule has 1 aliphatic rings. The van der Waals surface area contributed by atoms with Gasteiger partial charge in [-0.3, -0.25) is 0 Å². The summed E-state index contributed by atoms with van der Waals surface area (Å²) in [4.78, 5) is 5.19. The molecule has 0 amide bonds. The highest BCUT2D eigenvalue weighted by Crippen LogP contribution is 2.33. The van der Waals surface area contributed by atoms with Gasteiger partial charge in [-0.15, -0.1) is 0 Å². The zero-order valence-electron chi connectivity index (χ0n) is 13.6. The molecule has 1 heterocycles. The van der Waals surface area contributed by atoms with Gasteiger partial charge in [-0.25, -0.2) is 0 Å². The third kappa shape index (κ3) is 4.39. The molecule has 0 spiro atoms. The van der Waals surface area contributed by atoms with Gasteiger partial charge < -0.3 is 10.2 Å². The van der Waals surface area contributed by atoms with E-state index in [4.69, 9.17) is 0 Å². The lowest BCUT2D eigenvalue weighted by Gasteiger charge is -2.31. The van der Waals surface area contributed by atoms with Crippen molar-refractivity contribution in [3.63, 3.8) is 0 Å². The van der Waals surface area contributed by atoms with Gasteiger partial charge in [0.25, 0.3) is 0 Å². The zero-order valence-corrected chi connectivity index (χ0v) is 14.4. The van der Waals surface area contributed by atoms with Crippen molar-refractivity contribution >= 4 is 11.8 Å². The molecule has 0 aliphatic carbocycles. The number of nitrogens with zero attached hydrogens (tertiary/aromatic N) is 1. The number of piperazine rings is 1. The molecule has 114 valence electrons. The molecular weight excluding hydrogens is 276 g/mol. The molecule has 0 bridgehead atoms. The molecule has 1 fully saturated rings. The Morgan fingerprint density at radius 3 is 2.57 bits per heavy atom. The first-order valence-corrected chi connectivity index (χ1v) is 8.48. The van der Waals surface area contributed by atoms with Crippen LogP contribution in [-0.2, 0) is 0 Å². The molecule has 0 atom stereocenters. The van der Waals surface area contributed by atoms with Crippen molar-refractivity contribution in [2.45, 2.75) is 32.6 Å². The van der Waals surface area contributed by atoms with Gasteiger partial charge in [-0.2, -0.15) is 0 Å². The fraction of sp³-hybridized carbons (Fsp3) is 0.444. The molecule has 1 N–H and O–H groups in total. The molecule has 1 aromatic carbocycles. The minimum absolute atomic E-state index is 1.08. The van der Waals surface area contributed by atoms with Crippen LogP contribution in [0.3, 0.4) is 0 Å². The van der Waals surface area contributed by atoms with E-state index in [2.05, 4.69) is 68.3 Å². The third-order valence-electron chi connectivity index (χ3n) is 3.82. The highest BCUT2D eigenvalue weighted by molar-refractivity contribution is 8.03. The average molecular weight is 302 g/mol. The van der Waals surface area contributed by atoms with E-state index >= 15 is 0 Å². The first-order chi connectivity index (χ1) is 10.1. The van der Waals surface area contributed by atoms with E-state index in [0.717, 1.165) is 26.2 Å². The number of nitrogens with one attached hydrogen (secondary N) is 1. The molecular formula is C18H26N2S. The minimum Gasteiger partial charge on any atom is -0.372 e. The largest absolute Gasteiger partial charge is 0.372 e. The maximum atomic E-state index is 3.42. The summed E-state index contributed by atoms with van der Waals surface area (Å²) >= 11 is 1.88. The standard InChI is InChI=1S/C18H26N2S/c1-5-6-18(16(4)20-11-9-19-10-12-20)21-17-8-7-14(2)13-15(17)3/h5-8,13,19H,9-12H2,1-4H3/b6-5-,18-16-. The van der Waals surface area contributed by atoms with Crippen LogP contribution in [0, 0.1) is 13.8 Å². The van der Waals surface area contributed by atoms with Crippen molar-refractivity contribution in [3.8, 4) is 0 Å². The fourth-order valence-electron chi connectivity index (χ4n) is 2.57. The highest BCUT2D eigenvalue weighted by atomic mass is 32.2. The number of aryl methyl sites for hydroxylation is 2. The molecule has 1 saturated heterocycles. The molecule has 1 aromatic rings. The normalized spacial score (nSPS) is 17.2. The number of thioether (sulfide) groups is 1. The van der Waals surface area contributed by atoms with Crippen molar-refractivity contribution in [1.82, 2.24) is 10.2 Å². The Balaban J connectivity index is 2.25. The van der Waals surface area contributed by atoms with Crippen molar-refractivity contribution in [2.75, 3.05) is 26.2 Å². The quantitative estimate of drug-likeness (QED) is 0.665. The monoisotopic (exact) mass is 302 g/mol. The van der Waals surface area contributed by atoms with Crippen LogP contribution >= 0.6 is 11.8 Å². The van der Waals surface area contributed by atoms with E-state index < -0.39 is 0 Å². The molecule has 3 heteroatoms. The first-order valence-electron chi connectivity index (χ1n) is 7.66. The molecule has 2 rings (SSSR count). The number of benzene rings is 1. The summed E-state index contributed by atoms with van der Waals surface area (Å²) in [5.41, 5.74) is 4.07. The molecule has 0 aromatic heterocycles. The topological polar surface area (TPSA) is 15.3 Å². The van der Waals surface area contributed by atoms with Crippen LogP contribution in [-0.4, -0.2) is 31.1 Å². The fourth-order valence-corrected chi connectivity index (χ4v) is 3.64. The van der Waals surface area contributed by atoms with Crippen molar-refractivity contribution in [1.29, 1.82) is 0 Å². The Morgan fingerprint density at radius 1 is 1.24 bits per heavy atom. The lowest BCUT2D eigenvalue weighted by Crippen LogP contribution is -2.42. The van der Waals surface area contributed by atoms with Crippen LogP contribution in [0.5, 0.6) is 0 Å². The number of allylic oxidation sites excluding steroid dienone is 3. The Bertz CT molecular complexity index is 540. The summed E-state index contributed by atoms with van der Waals surface area (Å²) in [7, 11) is 0. The first kappa shape index (κ1) is 16.2. The van der Waals surface area contributed by atoms with Gasteiger partial charge in [0.1, 0.15) is 0 Å². The third-order valence-corrected chi connectivity index (χ3v) is 5.15. The molecule has 2 nitrogen and oxygen atoms in total. The van der Waals surface area contributed by atoms with Crippen LogP contribution in [0.15, 0.2) is 45.8 Å². The van der Waals surface area contributed by atoms with Crippen LogP contribution in [0.25, 0.3) is 0 Å². The van der Waals surface area contributed by atoms with Gasteiger partial charge in [-0.05, 0) is 39.3 Å². The van der Waals surface area contributed by atoms with E-state index in [1.807, 2.05) is 11.8 Å². The van der Waals surface area contributed by atoms with E-state index in [0.29, 0.717) is 0 Å². The smallest absolute Gasteiger partial charge is 0.0307 e. The number of hydrogen-bond acceptors (Lipinski definition) is 3. The summed E-state index contributed by atoms with van der Waals surface area (Å²) in [6, 6.07) is 6.70. The number of hydrogen-bond donors (Lipinski definition) is 1. The van der Waals surface area contributed by atoms with E-state index in [1.54, 1.807) is 0 Å². The minimum atomic E-state index is 1.08. The summed E-state index contributed by atoms with van der Waals surface area (Å²) in [5.74, 6) is 0. The van der Waals surface area contributed by atoms with Crippen molar-refractivity contribution < 1.29 is 0 Å². The van der Waals surface area contributed by atoms with Gasteiger partial charge in [0.15, 0.2) is 0 Å². The Labute approximate surface area is 133 Å². The van der Waals surface area contributed by atoms with Gasteiger partial charge in [-0.1, -0.05) is 41.6 Å². The predicted molar refractivity (Wildman–Crippen MR) is 93.7 cm³/mol. The average Bonchev–Trinajstić information content (AvgIpc) is 2.49. The van der Waals surface area contributed by atoms with E-state index in [9.17, 15) is 0 Å². The van der Waals surface area contributed by atoms with E-state index in [-0.39, 0.29) is 0 Å². The van der Waals surface area contributed by atoms with Crippen LogP contribution in [0.1, 0.15) is 25.0 Å². The second kappa shape index (κ2) is 7.71. The maximum Gasteiger partial charge on any atom is 0.0307 e. The summed E-state index contributed by atoms with van der Waals surface area (Å²) in [6.45, 7) is 13.0. The molecule has 0 radical (unpaired) electrons. The molecule has 21 heavy (non-hydrogen) atoms. The Hall–Kier alpha value is -1.19. The Kier molecular flexibility index (Phi) is 5.95. The van der Waals surface area contributed by atoms with Gasteiger partial charge in [0, 0.05) is 41.7 Å². The lowest BCUT2D eigenvalue weighted by atomic mass is 10.2. The summed E-state index contributed by atoms with van der Waals surface area (Å²) in [6.07, 6.45) is 4.37. The summed E-state index contributed by atoms with van der Waals surface area (Å²) < 4.78 is 0. The van der Waals surface area contributed by atoms with Crippen LogP contribution < -0.4 is 5.32 Å². The summed E-state index contributed by atoms with van der Waals surface area (Å²) in [5, 5.41) is 3.42. The predicted octanol–water partition coefficient (Wildman–Crippen LogP) is 4.11. The zero-order chi connectivity index (χ0) is 15.2. The lowest BCUT2D eigenvalue weighted by molar-refractivity contribution is 0.299. The van der Waals surface area contributed by atoms with Crippen LogP contribution in [0.4, 0.5) is 0 Å². The SMILES string of the molecule is C/C=C\C(Sc1ccc(C)cc1C)=C(/C)N1CCNCC1. The second-order valence-corrected chi connectivity index (χ2v) is 6.64. The maximum absolute atomic E-state index is 3.42. The Morgan fingerprint density at radius 2 is 1.95 bits per heavy atom. The highest BCUT2D eigenvalue weighted by Gasteiger charge is 2.13. The van der Waals surface area contributed by atoms with Crippen molar-refractivity contribution in [2.24, 2.45) is 0 Å². The second-order valence-electron chi connectivity index (χ2n) is 5.56. The van der Waals surface area contributed by atoms with E-state index in [1.165, 1.54) is 26.6 Å². The van der Waals surface area contributed by atoms with Crippen LogP contribution in [0.2, 0.25) is 0 Å². The molecule has 1 aliphatic heterocycles. The molecule has 0 unspecified atom stereocenters. The van der Waals surface area contributed by atoms with Gasteiger partial charge >= 0.3 is 0 Å².